The van der Waals surface area contributed by atoms with Crippen molar-refractivity contribution in [1.29, 1.82) is 0 Å². The van der Waals surface area contributed by atoms with Crippen LogP contribution in [0.5, 0.6) is 5.75 Å². The Bertz CT molecular complexity index is 835. The zero-order chi connectivity index (χ0) is 16.9. The fourth-order valence-corrected chi connectivity index (χ4v) is 2.42. The van der Waals surface area contributed by atoms with Gasteiger partial charge in [0.1, 0.15) is 17.1 Å². The summed E-state index contributed by atoms with van der Waals surface area (Å²) in [6.07, 6.45) is 0.699. The number of carbonyl (C=O) groups excluding carboxylic acids is 2. The third-order valence-corrected chi connectivity index (χ3v) is 3.65. The van der Waals surface area contributed by atoms with Crippen LogP contribution in [0.4, 0.5) is 0 Å². The Morgan fingerprint density at radius 3 is 2.75 bits per heavy atom. The Kier molecular flexibility index (Phi) is 4.61. The molecule has 0 saturated carbocycles. The van der Waals surface area contributed by atoms with Crippen LogP contribution in [0.1, 0.15) is 29.1 Å². The predicted molar refractivity (Wildman–Crippen MR) is 90.1 cm³/mol. The minimum absolute atomic E-state index is 0.171. The molecule has 24 heavy (non-hydrogen) atoms. The van der Waals surface area contributed by atoms with Gasteiger partial charge < -0.3 is 14.5 Å². The molecule has 0 radical (unpaired) electrons. The van der Waals surface area contributed by atoms with Crippen LogP contribution in [0.25, 0.3) is 11.0 Å². The number of hydrogen-bond acceptors (Lipinski definition) is 4. The number of benzene rings is 2. The first-order chi connectivity index (χ1) is 11.7. The Morgan fingerprint density at radius 1 is 1.21 bits per heavy atom. The third kappa shape index (κ3) is 3.46. The van der Waals surface area contributed by atoms with Crippen LogP contribution in [0, 0.1) is 0 Å². The van der Waals surface area contributed by atoms with E-state index in [1.807, 2.05) is 37.3 Å². The lowest BCUT2D eigenvalue weighted by molar-refractivity contribution is -0.123. The van der Waals surface area contributed by atoms with E-state index in [0.717, 1.165) is 11.0 Å². The van der Waals surface area contributed by atoms with Crippen molar-refractivity contribution < 1.29 is 18.7 Å². The van der Waals surface area contributed by atoms with Crippen LogP contribution in [0.3, 0.4) is 0 Å². The maximum Gasteiger partial charge on any atom is 0.258 e. The molecule has 0 bridgehead atoms. The van der Waals surface area contributed by atoms with Crippen LogP contribution < -0.4 is 10.1 Å². The highest BCUT2D eigenvalue weighted by Gasteiger charge is 2.15. The van der Waals surface area contributed by atoms with Crippen LogP contribution in [0.15, 0.2) is 59.0 Å². The largest absolute Gasteiger partial charge is 0.483 e. The van der Waals surface area contributed by atoms with E-state index in [9.17, 15) is 9.59 Å². The van der Waals surface area contributed by atoms with E-state index in [2.05, 4.69) is 5.32 Å². The van der Waals surface area contributed by atoms with Gasteiger partial charge >= 0.3 is 0 Å². The molecule has 1 amide bonds. The summed E-state index contributed by atoms with van der Waals surface area (Å²) in [6.45, 7) is 1.67. The topological polar surface area (TPSA) is 68.5 Å². The first-order valence-corrected chi connectivity index (χ1v) is 7.62. The number of para-hydroxylation sites is 2. The van der Waals surface area contributed by atoms with Crippen molar-refractivity contribution in [2.75, 3.05) is 6.61 Å². The van der Waals surface area contributed by atoms with Gasteiger partial charge in [0.25, 0.3) is 5.91 Å². The van der Waals surface area contributed by atoms with Crippen molar-refractivity contribution in [2.24, 2.45) is 0 Å². The molecule has 0 saturated heterocycles. The number of nitrogens with one attached hydrogen (secondary N) is 1. The first-order valence-electron chi connectivity index (χ1n) is 7.62. The van der Waals surface area contributed by atoms with Gasteiger partial charge in [-0.2, -0.15) is 0 Å². The Hall–Kier alpha value is -3.08. The summed E-state index contributed by atoms with van der Waals surface area (Å²) >= 11 is 0. The second-order valence-electron chi connectivity index (χ2n) is 5.42. The average molecular weight is 323 g/mol. The molecule has 3 rings (SSSR count). The normalized spacial score (nSPS) is 11.9. The lowest BCUT2D eigenvalue weighted by Gasteiger charge is -2.12. The quantitative estimate of drug-likeness (QED) is 0.705. The Morgan fingerprint density at radius 2 is 1.96 bits per heavy atom. The number of hydrogen-bond donors (Lipinski definition) is 1. The lowest BCUT2D eigenvalue weighted by atomic mass is 10.2. The maximum absolute atomic E-state index is 12.0. The van der Waals surface area contributed by atoms with Crippen molar-refractivity contribution >= 4 is 23.2 Å². The minimum atomic E-state index is -0.288. The number of furan rings is 1. The molecule has 1 atom stereocenters. The molecule has 0 aliphatic carbocycles. The molecular weight excluding hydrogens is 306 g/mol. The molecule has 2 aromatic carbocycles. The molecule has 3 aromatic rings. The molecule has 0 spiro atoms. The molecule has 1 heterocycles. The van der Waals surface area contributed by atoms with Crippen LogP contribution in [0.2, 0.25) is 0 Å². The zero-order valence-electron chi connectivity index (χ0n) is 13.2. The fourth-order valence-electron chi connectivity index (χ4n) is 2.42. The average Bonchev–Trinajstić information content (AvgIpc) is 3.04. The molecule has 0 aliphatic heterocycles. The van der Waals surface area contributed by atoms with Gasteiger partial charge in [-0.1, -0.05) is 30.3 Å². The van der Waals surface area contributed by atoms with E-state index in [4.69, 9.17) is 9.15 Å². The Balaban J connectivity index is 1.60. The van der Waals surface area contributed by atoms with Crippen molar-refractivity contribution in [3.8, 4) is 5.75 Å². The first kappa shape index (κ1) is 15.8. The van der Waals surface area contributed by atoms with Crippen LogP contribution >= 0.6 is 0 Å². The van der Waals surface area contributed by atoms with Crippen molar-refractivity contribution in [1.82, 2.24) is 5.32 Å². The summed E-state index contributed by atoms with van der Waals surface area (Å²) < 4.78 is 11.1. The van der Waals surface area contributed by atoms with E-state index in [-0.39, 0.29) is 18.6 Å². The molecule has 1 N–H and O–H groups in total. The third-order valence-electron chi connectivity index (χ3n) is 3.65. The second-order valence-corrected chi connectivity index (χ2v) is 5.42. The molecule has 1 aromatic heterocycles. The maximum atomic E-state index is 12.0. The smallest absolute Gasteiger partial charge is 0.258 e. The van der Waals surface area contributed by atoms with Gasteiger partial charge in [-0.15, -0.1) is 0 Å². The molecule has 0 aliphatic rings. The molecular formula is C19H17NO4. The second kappa shape index (κ2) is 7.00. The highest BCUT2D eigenvalue weighted by atomic mass is 16.5. The zero-order valence-corrected chi connectivity index (χ0v) is 13.2. The number of rotatable bonds is 6. The fraction of sp³-hybridized carbons (Fsp3) is 0.158. The number of aldehydes is 1. The van der Waals surface area contributed by atoms with Crippen LogP contribution in [-0.4, -0.2) is 18.8 Å². The van der Waals surface area contributed by atoms with Gasteiger partial charge in [0.2, 0.25) is 0 Å². The Labute approximate surface area is 139 Å². The van der Waals surface area contributed by atoms with Gasteiger partial charge in [-0.05, 0) is 31.2 Å². The van der Waals surface area contributed by atoms with Crippen LogP contribution in [-0.2, 0) is 4.79 Å². The van der Waals surface area contributed by atoms with Crippen molar-refractivity contribution in [3.05, 3.63) is 65.9 Å². The molecule has 122 valence electrons. The molecule has 0 fully saturated rings. The molecule has 5 heteroatoms. The van der Waals surface area contributed by atoms with E-state index >= 15 is 0 Å². The van der Waals surface area contributed by atoms with Gasteiger partial charge in [-0.25, -0.2) is 0 Å². The minimum Gasteiger partial charge on any atom is -0.483 e. The van der Waals surface area contributed by atoms with Gasteiger partial charge in [0, 0.05) is 5.39 Å². The summed E-state index contributed by atoms with van der Waals surface area (Å²) in [5.74, 6) is 0.778. The highest BCUT2D eigenvalue weighted by molar-refractivity contribution is 5.81. The van der Waals surface area contributed by atoms with Crippen molar-refractivity contribution in [2.45, 2.75) is 13.0 Å². The summed E-state index contributed by atoms with van der Waals surface area (Å²) in [5.41, 5.74) is 1.19. The highest BCUT2D eigenvalue weighted by Crippen LogP contribution is 2.23. The molecule has 0 unspecified atom stereocenters. The lowest BCUT2D eigenvalue weighted by Crippen LogP contribution is -2.31. The number of ether oxygens (including phenoxy) is 1. The predicted octanol–water partition coefficient (Wildman–Crippen LogP) is 3.50. The summed E-state index contributed by atoms with van der Waals surface area (Å²) in [7, 11) is 0. The van der Waals surface area contributed by atoms with E-state index in [1.54, 1.807) is 24.3 Å². The standard InChI is InChI=1S/C19H17NO4/c1-13(18-10-14-6-2-5-9-17(14)24-18)20-19(22)12-23-16-8-4-3-7-15(16)11-21/h2-11,13H,12H2,1H3,(H,20,22)/t13-/m1/s1. The van der Waals surface area contributed by atoms with Gasteiger partial charge in [0.15, 0.2) is 12.9 Å². The molecule has 5 nitrogen and oxygen atoms in total. The van der Waals surface area contributed by atoms with Gasteiger partial charge in [0.05, 0.1) is 11.6 Å². The summed E-state index contributed by atoms with van der Waals surface area (Å²) in [5, 5.41) is 3.81. The number of carbonyl (C=O) groups is 2. The number of fused-ring (bicyclic) bond motifs is 1. The van der Waals surface area contributed by atoms with E-state index in [0.29, 0.717) is 23.4 Å². The SMILES string of the molecule is C[C@@H](NC(=O)COc1ccccc1C=O)c1cc2ccccc2o1. The number of amides is 1. The summed E-state index contributed by atoms with van der Waals surface area (Å²) in [6, 6.07) is 16.1. The monoisotopic (exact) mass is 323 g/mol. The summed E-state index contributed by atoms with van der Waals surface area (Å²) in [4.78, 5) is 23.0. The van der Waals surface area contributed by atoms with Crippen molar-refractivity contribution in [3.63, 3.8) is 0 Å². The van der Waals surface area contributed by atoms with Gasteiger partial charge in [-0.3, -0.25) is 9.59 Å². The van der Waals surface area contributed by atoms with E-state index < -0.39 is 0 Å². The van der Waals surface area contributed by atoms with E-state index in [1.165, 1.54) is 0 Å².